The monoisotopic (exact) mass is 361 g/mol. The number of carbonyl (C=O) groups excluding carboxylic acids is 2. The van der Waals surface area contributed by atoms with Gasteiger partial charge < -0.3 is 10.1 Å². The van der Waals surface area contributed by atoms with E-state index in [-0.39, 0.29) is 10.5 Å². The summed E-state index contributed by atoms with van der Waals surface area (Å²) in [5, 5.41) is 2.64. The molecule has 1 atom stereocenters. The Morgan fingerprint density at radius 3 is 2.32 bits per heavy atom. The number of anilines is 1. The van der Waals surface area contributed by atoms with Gasteiger partial charge in [0.15, 0.2) is 15.9 Å². The minimum absolute atomic E-state index is 0.0199. The van der Waals surface area contributed by atoms with Crippen molar-refractivity contribution in [2.45, 2.75) is 24.8 Å². The Balaban J connectivity index is 2.12. The minimum Gasteiger partial charge on any atom is -0.449 e. The maximum Gasteiger partial charge on any atom is 0.339 e. The van der Waals surface area contributed by atoms with Crippen LogP contribution in [0, 0.1) is 6.92 Å². The number of amides is 1. The lowest BCUT2D eigenvalue weighted by molar-refractivity contribution is -0.123. The molecular formula is C18H19NO5S. The molecule has 0 saturated carbocycles. The zero-order valence-electron chi connectivity index (χ0n) is 14.1. The lowest BCUT2D eigenvalue weighted by atomic mass is 10.1. The summed E-state index contributed by atoms with van der Waals surface area (Å²) in [4.78, 5) is 24.4. The molecule has 7 heteroatoms. The van der Waals surface area contributed by atoms with Gasteiger partial charge in [-0.15, -0.1) is 0 Å². The lowest BCUT2D eigenvalue weighted by Crippen LogP contribution is -2.30. The Kier molecular flexibility index (Phi) is 5.58. The van der Waals surface area contributed by atoms with Gasteiger partial charge in [0.1, 0.15) is 0 Å². The molecule has 0 aliphatic rings. The van der Waals surface area contributed by atoms with E-state index in [1.54, 1.807) is 31.2 Å². The summed E-state index contributed by atoms with van der Waals surface area (Å²) in [6, 6.07) is 13.0. The van der Waals surface area contributed by atoms with E-state index in [4.69, 9.17) is 4.74 Å². The van der Waals surface area contributed by atoms with Crippen LogP contribution in [0.1, 0.15) is 22.8 Å². The molecule has 0 aromatic heterocycles. The van der Waals surface area contributed by atoms with Crippen LogP contribution in [0.25, 0.3) is 0 Å². The summed E-state index contributed by atoms with van der Waals surface area (Å²) in [7, 11) is -3.45. The molecule has 25 heavy (non-hydrogen) atoms. The van der Waals surface area contributed by atoms with Crippen molar-refractivity contribution in [1.29, 1.82) is 0 Å². The van der Waals surface area contributed by atoms with E-state index in [1.807, 2.05) is 6.07 Å². The van der Waals surface area contributed by atoms with E-state index in [2.05, 4.69) is 5.32 Å². The topological polar surface area (TPSA) is 89.5 Å². The summed E-state index contributed by atoms with van der Waals surface area (Å²) < 4.78 is 28.4. The summed E-state index contributed by atoms with van der Waals surface area (Å²) in [6.45, 7) is 3.11. The average molecular weight is 361 g/mol. The molecule has 0 saturated heterocycles. The van der Waals surface area contributed by atoms with E-state index in [0.29, 0.717) is 11.3 Å². The van der Waals surface area contributed by atoms with Crippen molar-refractivity contribution < 1.29 is 22.7 Å². The van der Waals surface area contributed by atoms with Gasteiger partial charge >= 0.3 is 5.97 Å². The fourth-order valence-electron chi connectivity index (χ4n) is 2.09. The third-order valence-electron chi connectivity index (χ3n) is 3.55. The van der Waals surface area contributed by atoms with Crippen LogP contribution in [0.2, 0.25) is 0 Å². The molecular weight excluding hydrogens is 342 g/mol. The fourth-order valence-corrected chi connectivity index (χ4v) is 2.74. The molecule has 0 unspecified atom stereocenters. The zero-order chi connectivity index (χ0) is 18.6. The third kappa shape index (κ3) is 4.90. The molecule has 0 bridgehead atoms. The normalized spacial score (nSPS) is 12.3. The number of hydrogen-bond acceptors (Lipinski definition) is 5. The SMILES string of the molecule is Cc1ccc(S(C)(=O)=O)cc1C(=O)O[C@@H](C)C(=O)Nc1ccccc1. The first-order chi connectivity index (χ1) is 11.7. The molecule has 0 heterocycles. The average Bonchev–Trinajstić information content (AvgIpc) is 2.54. The van der Waals surface area contributed by atoms with Crippen LogP contribution in [0.15, 0.2) is 53.4 Å². The first-order valence-corrected chi connectivity index (χ1v) is 9.45. The Morgan fingerprint density at radius 1 is 1.08 bits per heavy atom. The predicted octanol–water partition coefficient (Wildman–Crippen LogP) is 2.58. The molecule has 1 N–H and O–H groups in total. The smallest absolute Gasteiger partial charge is 0.339 e. The number of benzene rings is 2. The standard InChI is InChI=1S/C18H19NO5S/c1-12-9-10-15(25(3,22)23)11-16(12)18(21)24-13(2)17(20)19-14-7-5-4-6-8-14/h4-11,13H,1-3H3,(H,19,20)/t13-/m0/s1. The minimum atomic E-state index is -3.45. The first-order valence-electron chi connectivity index (χ1n) is 7.56. The maximum atomic E-state index is 12.3. The lowest BCUT2D eigenvalue weighted by Gasteiger charge is -2.15. The van der Waals surface area contributed by atoms with Crippen molar-refractivity contribution in [2.75, 3.05) is 11.6 Å². The molecule has 2 rings (SSSR count). The van der Waals surface area contributed by atoms with Crippen molar-refractivity contribution >= 4 is 27.4 Å². The highest BCUT2D eigenvalue weighted by Crippen LogP contribution is 2.17. The molecule has 0 spiro atoms. The van der Waals surface area contributed by atoms with Gasteiger partial charge in [0.2, 0.25) is 0 Å². The molecule has 0 aliphatic heterocycles. The number of para-hydroxylation sites is 1. The number of aryl methyl sites for hydroxylation is 1. The molecule has 6 nitrogen and oxygen atoms in total. The molecule has 1 amide bonds. The Hall–Kier alpha value is -2.67. The second-order valence-corrected chi connectivity index (χ2v) is 7.67. The van der Waals surface area contributed by atoms with Crippen molar-refractivity contribution in [3.8, 4) is 0 Å². The van der Waals surface area contributed by atoms with Gasteiger partial charge in [0, 0.05) is 11.9 Å². The van der Waals surface area contributed by atoms with Crippen LogP contribution >= 0.6 is 0 Å². The number of esters is 1. The number of rotatable bonds is 5. The van der Waals surface area contributed by atoms with Gasteiger partial charge in [0.05, 0.1) is 10.5 Å². The van der Waals surface area contributed by atoms with Gasteiger partial charge in [-0.05, 0) is 43.7 Å². The van der Waals surface area contributed by atoms with Crippen molar-refractivity contribution in [3.63, 3.8) is 0 Å². The van der Waals surface area contributed by atoms with E-state index in [0.717, 1.165) is 6.26 Å². The van der Waals surface area contributed by atoms with Crippen LogP contribution in [0.4, 0.5) is 5.69 Å². The van der Waals surface area contributed by atoms with Crippen molar-refractivity contribution in [2.24, 2.45) is 0 Å². The molecule has 132 valence electrons. The van der Waals surface area contributed by atoms with Crippen molar-refractivity contribution in [1.82, 2.24) is 0 Å². The maximum absolute atomic E-state index is 12.3. The molecule has 0 radical (unpaired) electrons. The summed E-state index contributed by atoms with van der Waals surface area (Å²) in [5.41, 5.74) is 1.26. The van der Waals surface area contributed by atoms with Crippen LogP contribution in [-0.2, 0) is 19.4 Å². The fraction of sp³-hybridized carbons (Fsp3) is 0.222. The second-order valence-electron chi connectivity index (χ2n) is 5.65. The molecule has 2 aromatic carbocycles. The van der Waals surface area contributed by atoms with E-state index in [9.17, 15) is 18.0 Å². The first kappa shape index (κ1) is 18.7. The molecule has 2 aromatic rings. The predicted molar refractivity (Wildman–Crippen MR) is 94.2 cm³/mol. The Bertz CT molecular complexity index is 891. The number of nitrogens with one attached hydrogen (secondary N) is 1. The summed E-state index contributed by atoms with van der Waals surface area (Å²) >= 11 is 0. The van der Waals surface area contributed by atoms with Crippen LogP contribution in [-0.4, -0.2) is 32.7 Å². The van der Waals surface area contributed by atoms with Gasteiger partial charge in [0.25, 0.3) is 5.91 Å². The zero-order valence-corrected chi connectivity index (χ0v) is 15.0. The quantitative estimate of drug-likeness (QED) is 0.827. The highest BCUT2D eigenvalue weighted by Gasteiger charge is 2.21. The molecule has 0 aliphatic carbocycles. The number of ether oxygens (including phenoxy) is 1. The van der Waals surface area contributed by atoms with Crippen LogP contribution in [0.3, 0.4) is 0 Å². The van der Waals surface area contributed by atoms with Crippen LogP contribution < -0.4 is 5.32 Å². The Morgan fingerprint density at radius 2 is 1.72 bits per heavy atom. The summed E-state index contributed by atoms with van der Waals surface area (Å²) in [5.74, 6) is -1.23. The number of hydrogen-bond donors (Lipinski definition) is 1. The highest BCUT2D eigenvalue weighted by atomic mass is 32.2. The van der Waals surface area contributed by atoms with E-state index >= 15 is 0 Å². The van der Waals surface area contributed by atoms with Gasteiger partial charge in [-0.3, -0.25) is 4.79 Å². The Labute approximate surface area is 146 Å². The van der Waals surface area contributed by atoms with Crippen LogP contribution in [0.5, 0.6) is 0 Å². The number of carbonyl (C=O) groups is 2. The van der Waals surface area contributed by atoms with Gasteiger partial charge in [-0.25, -0.2) is 13.2 Å². The highest BCUT2D eigenvalue weighted by molar-refractivity contribution is 7.90. The van der Waals surface area contributed by atoms with Crippen molar-refractivity contribution in [3.05, 3.63) is 59.7 Å². The van der Waals surface area contributed by atoms with E-state index in [1.165, 1.54) is 25.1 Å². The molecule has 0 fully saturated rings. The van der Waals surface area contributed by atoms with Gasteiger partial charge in [-0.2, -0.15) is 0 Å². The van der Waals surface area contributed by atoms with E-state index < -0.39 is 27.8 Å². The van der Waals surface area contributed by atoms with Gasteiger partial charge in [-0.1, -0.05) is 24.3 Å². The number of sulfone groups is 1. The summed E-state index contributed by atoms with van der Waals surface area (Å²) in [6.07, 6.45) is 0.0249. The largest absolute Gasteiger partial charge is 0.449 e. The second kappa shape index (κ2) is 7.48. The third-order valence-corrected chi connectivity index (χ3v) is 4.66.